The second-order valence-corrected chi connectivity index (χ2v) is 11.7. The molecule has 4 heterocycles. The molecule has 1 aromatic carbocycles. The highest BCUT2D eigenvalue weighted by atomic mass is 32.2. The molecule has 2 aromatic heterocycles. The molecule has 2 saturated heterocycles. The van der Waals surface area contributed by atoms with E-state index in [1.807, 2.05) is 6.26 Å². The Labute approximate surface area is 221 Å². The number of anilines is 2. The van der Waals surface area contributed by atoms with Crippen molar-refractivity contribution in [1.82, 2.24) is 24.8 Å². The molecule has 196 valence electrons. The number of carbonyl (C=O) groups excluding carboxylic acids is 1. The molecule has 37 heavy (non-hydrogen) atoms. The van der Waals surface area contributed by atoms with Crippen LogP contribution < -0.4 is 10.6 Å². The average molecular weight is 546 g/mol. The number of carboxylic acid groups (broad SMARTS) is 1. The van der Waals surface area contributed by atoms with Crippen molar-refractivity contribution in [2.24, 2.45) is 11.3 Å². The zero-order valence-electron chi connectivity index (χ0n) is 20.5. The van der Waals surface area contributed by atoms with Crippen molar-refractivity contribution in [2.75, 3.05) is 56.2 Å². The number of rotatable bonds is 8. The van der Waals surface area contributed by atoms with Gasteiger partial charge >= 0.3 is 6.09 Å². The third kappa shape index (κ3) is 5.42. The van der Waals surface area contributed by atoms with Crippen LogP contribution in [0.25, 0.3) is 10.2 Å². The maximum absolute atomic E-state index is 14.9. The molecular formula is C24H28FN7O3S2. The molecule has 0 saturated carbocycles. The van der Waals surface area contributed by atoms with Crippen molar-refractivity contribution in [3.8, 4) is 0 Å². The molecule has 2 aliphatic rings. The van der Waals surface area contributed by atoms with Gasteiger partial charge in [0.25, 0.3) is 5.91 Å². The number of aromatic nitrogens is 3. The van der Waals surface area contributed by atoms with Gasteiger partial charge in [-0.25, -0.2) is 24.1 Å². The molecule has 3 N–H and O–H groups in total. The van der Waals surface area contributed by atoms with Gasteiger partial charge < -0.3 is 25.5 Å². The fourth-order valence-electron chi connectivity index (χ4n) is 4.74. The summed E-state index contributed by atoms with van der Waals surface area (Å²) in [5, 5.41) is 16.3. The number of nitrogens with one attached hydrogen (secondary N) is 2. The highest BCUT2D eigenvalue weighted by molar-refractivity contribution is 7.98. The lowest BCUT2D eigenvalue weighted by Gasteiger charge is -2.46. The van der Waals surface area contributed by atoms with E-state index in [1.165, 1.54) is 22.3 Å². The summed E-state index contributed by atoms with van der Waals surface area (Å²) in [6, 6.07) is 2.89. The normalized spacial score (nSPS) is 17.2. The third-order valence-electron chi connectivity index (χ3n) is 6.83. The first kappa shape index (κ1) is 25.5. The standard InChI is InChI=1S/C24H28FN7O3S2/c1-14(7-26-21-27-9-15(36-2)10-28-21)8-29-22-30-18-6-17(25)16(5-19(18)37-22)20(33)31-4-3-24(11-31)12-32(13-24)23(34)35/h5-6,9-10,14H,3-4,7-8,11-13H2,1-2H3,(H,29,30)(H,34,35)(H,26,27,28). The molecule has 2 fully saturated rings. The number of likely N-dealkylation sites (tertiary alicyclic amines) is 2. The fraction of sp³-hybridized carbons (Fsp3) is 0.458. The summed E-state index contributed by atoms with van der Waals surface area (Å²) < 4.78 is 15.6. The van der Waals surface area contributed by atoms with Crippen LogP contribution in [0.5, 0.6) is 0 Å². The van der Waals surface area contributed by atoms with Gasteiger partial charge in [-0.15, -0.1) is 11.8 Å². The summed E-state index contributed by atoms with van der Waals surface area (Å²) in [7, 11) is 0. The van der Waals surface area contributed by atoms with Gasteiger partial charge in [-0.3, -0.25) is 4.79 Å². The molecule has 0 bridgehead atoms. The second kappa shape index (κ2) is 10.3. The minimum absolute atomic E-state index is 0.0271. The first-order valence-electron chi connectivity index (χ1n) is 12.0. The average Bonchev–Trinajstić information content (AvgIpc) is 3.49. The number of nitrogens with zero attached hydrogens (tertiary/aromatic N) is 5. The highest BCUT2D eigenvalue weighted by Crippen LogP contribution is 2.40. The van der Waals surface area contributed by atoms with Crippen molar-refractivity contribution in [3.63, 3.8) is 0 Å². The van der Waals surface area contributed by atoms with Crippen LogP contribution >= 0.6 is 23.1 Å². The smallest absolute Gasteiger partial charge is 0.407 e. The Hall–Kier alpha value is -3.19. The summed E-state index contributed by atoms with van der Waals surface area (Å²) in [6.07, 6.45) is 5.32. The summed E-state index contributed by atoms with van der Waals surface area (Å²) in [4.78, 5) is 41.3. The van der Waals surface area contributed by atoms with Gasteiger partial charge in [0, 0.05) is 68.0 Å². The van der Waals surface area contributed by atoms with Crippen LogP contribution in [0.1, 0.15) is 23.7 Å². The molecule has 3 aromatic rings. The molecule has 0 radical (unpaired) electrons. The van der Waals surface area contributed by atoms with E-state index < -0.39 is 11.9 Å². The third-order valence-corrected chi connectivity index (χ3v) is 8.49. The van der Waals surface area contributed by atoms with E-state index in [0.29, 0.717) is 55.9 Å². The van der Waals surface area contributed by atoms with Crippen molar-refractivity contribution < 1.29 is 19.1 Å². The van der Waals surface area contributed by atoms with E-state index in [2.05, 4.69) is 32.5 Å². The molecule has 0 aliphatic carbocycles. The number of thioether (sulfide) groups is 1. The van der Waals surface area contributed by atoms with E-state index in [-0.39, 0.29) is 22.8 Å². The summed E-state index contributed by atoms with van der Waals surface area (Å²) >= 11 is 2.97. The minimum atomic E-state index is -0.942. The van der Waals surface area contributed by atoms with Crippen LogP contribution in [0.3, 0.4) is 0 Å². The van der Waals surface area contributed by atoms with Gasteiger partial charge in [0.05, 0.1) is 15.8 Å². The van der Waals surface area contributed by atoms with Crippen molar-refractivity contribution in [3.05, 3.63) is 35.9 Å². The van der Waals surface area contributed by atoms with Gasteiger partial charge in [-0.2, -0.15) is 0 Å². The van der Waals surface area contributed by atoms with Crippen molar-refractivity contribution >= 4 is 56.4 Å². The van der Waals surface area contributed by atoms with Crippen LogP contribution in [-0.4, -0.2) is 87.4 Å². The number of hydrogen-bond acceptors (Lipinski definition) is 9. The Bertz CT molecular complexity index is 1310. The van der Waals surface area contributed by atoms with Gasteiger partial charge in [0.2, 0.25) is 5.95 Å². The summed E-state index contributed by atoms with van der Waals surface area (Å²) in [5.74, 6) is -0.130. The Morgan fingerprint density at radius 1 is 1.19 bits per heavy atom. The Morgan fingerprint density at radius 2 is 1.89 bits per heavy atom. The van der Waals surface area contributed by atoms with E-state index in [0.717, 1.165) is 16.0 Å². The van der Waals surface area contributed by atoms with Gasteiger partial charge in [-0.1, -0.05) is 18.3 Å². The fourth-order valence-corrected chi connectivity index (χ4v) is 5.95. The second-order valence-electron chi connectivity index (χ2n) is 9.75. The number of amides is 2. The summed E-state index contributed by atoms with van der Waals surface area (Å²) in [5.41, 5.74) is 0.328. The number of carbonyl (C=O) groups is 2. The van der Waals surface area contributed by atoms with Gasteiger partial charge in [0.1, 0.15) is 5.82 Å². The van der Waals surface area contributed by atoms with Crippen molar-refractivity contribution in [1.29, 1.82) is 0 Å². The van der Waals surface area contributed by atoms with Crippen LogP contribution in [0.4, 0.5) is 20.3 Å². The predicted octanol–water partition coefficient (Wildman–Crippen LogP) is 3.93. The quantitative estimate of drug-likeness (QED) is 0.361. The van der Waals surface area contributed by atoms with Crippen LogP contribution in [0, 0.1) is 17.2 Å². The number of fused-ring (bicyclic) bond motifs is 1. The van der Waals surface area contributed by atoms with Crippen LogP contribution in [0.2, 0.25) is 0 Å². The van der Waals surface area contributed by atoms with E-state index >= 15 is 0 Å². The van der Waals surface area contributed by atoms with E-state index in [1.54, 1.807) is 35.1 Å². The van der Waals surface area contributed by atoms with Crippen LogP contribution in [-0.2, 0) is 0 Å². The van der Waals surface area contributed by atoms with Crippen molar-refractivity contribution in [2.45, 2.75) is 18.2 Å². The Kier molecular flexibility index (Phi) is 7.08. The molecule has 2 aliphatic heterocycles. The van der Waals surface area contributed by atoms with E-state index in [9.17, 15) is 14.0 Å². The van der Waals surface area contributed by atoms with Gasteiger partial charge in [0.15, 0.2) is 5.13 Å². The highest BCUT2D eigenvalue weighted by Gasteiger charge is 2.50. The largest absolute Gasteiger partial charge is 0.465 e. The summed E-state index contributed by atoms with van der Waals surface area (Å²) in [6.45, 7) is 5.18. The molecular weight excluding hydrogens is 517 g/mol. The minimum Gasteiger partial charge on any atom is -0.465 e. The number of hydrogen-bond donors (Lipinski definition) is 3. The molecule has 2 amide bonds. The first-order chi connectivity index (χ1) is 17.7. The zero-order chi connectivity index (χ0) is 26.2. The first-order valence-corrected chi connectivity index (χ1v) is 14.0. The van der Waals surface area contributed by atoms with E-state index in [4.69, 9.17) is 5.11 Å². The van der Waals surface area contributed by atoms with Crippen LogP contribution in [0.15, 0.2) is 29.4 Å². The number of halogens is 1. The molecule has 13 heteroatoms. The molecule has 5 rings (SSSR count). The lowest BCUT2D eigenvalue weighted by atomic mass is 9.79. The number of benzene rings is 1. The molecule has 1 unspecified atom stereocenters. The monoisotopic (exact) mass is 545 g/mol. The predicted molar refractivity (Wildman–Crippen MR) is 142 cm³/mol. The lowest BCUT2D eigenvalue weighted by Crippen LogP contribution is -2.59. The number of thiazole rings is 1. The Morgan fingerprint density at radius 3 is 2.59 bits per heavy atom. The van der Waals surface area contributed by atoms with Gasteiger partial charge in [-0.05, 0) is 24.7 Å². The topological polar surface area (TPSA) is 124 Å². The maximum Gasteiger partial charge on any atom is 0.407 e. The molecule has 1 atom stereocenters. The lowest BCUT2D eigenvalue weighted by molar-refractivity contribution is 0.0169. The Balaban J connectivity index is 1.17. The molecule has 1 spiro atoms. The SMILES string of the molecule is CSc1cnc(NCC(C)CNc2nc3cc(F)c(C(=O)N4CCC5(CN(C(=O)O)C5)C4)cc3s2)nc1. The molecule has 10 nitrogen and oxygen atoms in total. The zero-order valence-corrected chi connectivity index (χ0v) is 22.2. The maximum atomic E-state index is 14.9.